The maximum Gasteiger partial charge on any atom is 0.343 e. The summed E-state index contributed by atoms with van der Waals surface area (Å²) in [6.07, 6.45) is 4.90. The number of nitrogens with two attached hydrogens (primary N) is 1. The zero-order valence-electron chi connectivity index (χ0n) is 21.3. The summed E-state index contributed by atoms with van der Waals surface area (Å²) in [6, 6.07) is 21.5. The van der Waals surface area contributed by atoms with Gasteiger partial charge in [-0.2, -0.15) is 5.26 Å². The zero-order valence-corrected chi connectivity index (χ0v) is 21.3. The lowest BCUT2D eigenvalue weighted by molar-refractivity contribution is 0.0734. The second-order valence-corrected chi connectivity index (χ2v) is 8.77. The molecule has 0 aromatic heterocycles. The van der Waals surface area contributed by atoms with Crippen molar-refractivity contribution >= 4 is 5.97 Å². The van der Waals surface area contributed by atoms with E-state index in [1.807, 2.05) is 24.3 Å². The first kappa shape index (κ1) is 26.4. The number of carbonyl (C=O) groups is 1. The van der Waals surface area contributed by atoms with Crippen LogP contribution in [0.25, 0.3) is 0 Å². The van der Waals surface area contributed by atoms with Crippen molar-refractivity contribution in [3.8, 4) is 29.1 Å². The van der Waals surface area contributed by atoms with Gasteiger partial charge in [0.1, 0.15) is 41.2 Å². The van der Waals surface area contributed by atoms with Crippen molar-refractivity contribution in [2.45, 2.75) is 32.1 Å². The molecule has 0 amide bonds. The van der Waals surface area contributed by atoms with Gasteiger partial charge in [0, 0.05) is 11.6 Å². The summed E-state index contributed by atoms with van der Waals surface area (Å²) in [7, 11) is 0. The number of rotatable bonds is 11. The monoisotopic (exact) mass is 510 g/mol. The fourth-order valence-corrected chi connectivity index (χ4v) is 4.18. The van der Waals surface area contributed by atoms with Crippen LogP contribution in [0.1, 0.15) is 53.6 Å². The summed E-state index contributed by atoms with van der Waals surface area (Å²) in [5, 5.41) is 9.83. The molecule has 3 aromatic rings. The lowest BCUT2D eigenvalue weighted by Gasteiger charge is -2.27. The molecule has 194 valence electrons. The molecular weight excluding hydrogens is 480 g/mol. The van der Waals surface area contributed by atoms with Crippen LogP contribution >= 0.6 is 0 Å². The van der Waals surface area contributed by atoms with Crippen LogP contribution in [0.15, 0.2) is 90.8 Å². The summed E-state index contributed by atoms with van der Waals surface area (Å²) in [6.45, 7) is 6.82. The largest absolute Gasteiger partial charge is 0.494 e. The van der Waals surface area contributed by atoms with Gasteiger partial charge in [0.05, 0.1) is 18.1 Å². The summed E-state index contributed by atoms with van der Waals surface area (Å²) in [5.41, 5.74) is 8.35. The Morgan fingerprint density at radius 1 is 1.05 bits per heavy atom. The van der Waals surface area contributed by atoms with Crippen molar-refractivity contribution in [1.82, 2.24) is 0 Å². The van der Waals surface area contributed by atoms with E-state index >= 15 is 0 Å². The van der Waals surface area contributed by atoms with Gasteiger partial charge in [-0.05, 0) is 54.4 Å². The van der Waals surface area contributed by atoms with Crippen molar-refractivity contribution in [3.63, 3.8) is 0 Å². The zero-order chi connectivity index (χ0) is 26.9. The fraction of sp³-hybridized carbons (Fsp3) is 0.226. The van der Waals surface area contributed by atoms with E-state index in [2.05, 4.69) is 19.6 Å². The number of esters is 1. The number of unbranched alkanes of at least 4 members (excludes halogenated alkanes) is 2. The van der Waals surface area contributed by atoms with E-state index in [-0.39, 0.29) is 5.88 Å². The number of benzene rings is 3. The molecule has 3 aromatic carbocycles. The van der Waals surface area contributed by atoms with E-state index in [1.54, 1.807) is 48.5 Å². The van der Waals surface area contributed by atoms with Gasteiger partial charge in [-0.25, -0.2) is 4.79 Å². The van der Waals surface area contributed by atoms with E-state index in [0.717, 1.165) is 30.4 Å². The van der Waals surface area contributed by atoms with Gasteiger partial charge in [0.15, 0.2) is 0 Å². The predicted molar refractivity (Wildman–Crippen MR) is 144 cm³/mol. The van der Waals surface area contributed by atoms with Crippen LogP contribution in [-0.2, 0) is 0 Å². The second kappa shape index (κ2) is 12.5. The first-order valence-electron chi connectivity index (χ1n) is 12.5. The van der Waals surface area contributed by atoms with Crippen molar-refractivity contribution in [3.05, 3.63) is 108 Å². The third-order valence-electron chi connectivity index (χ3n) is 6.07. The summed E-state index contributed by atoms with van der Waals surface area (Å²) in [4.78, 5) is 12.8. The molecule has 0 fully saturated rings. The summed E-state index contributed by atoms with van der Waals surface area (Å²) in [5.74, 6) is 1.08. The molecule has 1 heterocycles. The Labute approximate surface area is 222 Å². The maximum atomic E-state index is 12.8. The molecule has 7 nitrogen and oxygen atoms in total. The molecule has 2 N–H and O–H groups in total. The van der Waals surface area contributed by atoms with Crippen molar-refractivity contribution in [2.24, 2.45) is 5.73 Å². The topological polar surface area (TPSA) is 104 Å². The first-order chi connectivity index (χ1) is 18.5. The average molecular weight is 511 g/mol. The number of allylic oxidation sites excluding steroid dienone is 1. The minimum Gasteiger partial charge on any atom is -0.494 e. The number of fused-ring (bicyclic) bond motifs is 1. The molecule has 1 unspecified atom stereocenters. The highest BCUT2D eigenvalue weighted by atomic mass is 16.5. The molecule has 7 heteroatoms. The summed E-state index contributed by atoms with van der Waals surface area (Å²) >= 11 is 0. The second-order valence-electron chi connectivity index (χ2n) is 8.77. The van der Waals surface area contributed by atoms with E-state index in [0.29, 0.717) is 47.3 Å². The van der Waals surface area contributed by atoms with Crippen LogP contribution in [0.5, 0.6) is 23.0 Å². The molecular formula is C31H30N2O5. The lowest BCUT2D eigenvalue weighted by Crippen LogP contribution is -2.21. The van der Waals surface area contributed by atoms with Crippen molar-refractivity contribution in [1.29, 1.82) is 5.26 Å². The van der Waals surface area contributed by atoms with E-state index in [4.69, 9.17) is 24.7 Å². The third-order valence-corrected chi connectivity index (χ3v) is 6.07. The third kappa shape index (κ3) is 6.16. The normalized spacial score (nSPS) is 14.1. The minimum atomic E-state index is -0.511. The predicted octanol–water partition coefficient (Wildman–Crippen LogP) is 6.26. The van der Waals surface area contributed by atoms with E-state index in [9.17, 15) is 10.1 Å². The van der Waals surface area contributed by atoms with Crippen molar-refractivity contribution in [2.75, 3.05) is 13.2 Å². The molecule has 0 spiro atoms. The Morgan fingerprint density at radius 2 is 1.84 bits per heavy atom. The van der Waals surface area contributed by atoms with Gasteiger partial charge >= 0.3 is 5.97 Å². The Morgan fingerprint density at radius 3 is 2.58 bits per heavy atom. The number of hydrogen-bond acceptors (Lipinski definition) is 7. The lowest BCUT2D eigenvalue weighted by atomic mass is 9.83. The molecule has 0 saturated heterocycles. The number of nitriles is 1. The SMILES string of the molecule is C=CCOc1cccc(C2C(C#N)=C(N)Oc3cc(OC(=O)c4ccc(OCCCCC)cc4)ccc32)c1. The van der Waals surface area contributed by atoms with Crippen LogP contribution in [-0.4, -0.2) is 19.2 Å². The Balaban J connectivity index is 1.53. The first-order valence-corrected chi connectivity index (χ1v) is 12.5. The minimum absolute atomic E-state index is 0.000384. The Kier molecular flexibility index (Phi) is 8.68. The molecule has 1 aliphatic heterocycles. The number of carbonyl (C=O) groups excluding carboxylic acids is 1. The molecule has 1 atom stereocenters. The average Bonchev–Trinajstić information content (AvgIpc) is 2.94. The molecule has 4 rings (SSSR count). The van der Waals surface area contributed by atoms with E-state index in [1.165, 1.54) is 0 Å². The Bertz CT molecular complexity index is 1370. The fourth-order valence-electron chi connectivity index (χ4n) is 4.18. The maximum absolute atomic E-state index is 12.8. The molecule has 0 bridgehead atoms. The summed E-state index contributed by atoms with van der Waals surface area (Å²) < 4.78 is 22.7. The number of ether oxygens (including phenoxy) is 4. The van der Waals surface area contributed by atoms with Gasteiger partial charge in [0.2, 0.25) is 5.88 Å². The van der Waals surface area contributed by atoms with Crippen molar-refractivity contribution < 1.29 is 23.7 Å². The number of nitrogens with zero attached hydrogens (tertiary/aromatic N) is 1. The highest BCUT2D eigenvalue weighted by Gasteiger charge is 2.31. The highest BCUT2D eigenvalue weighted by molar-refractivity contribution is 5.91. The molecule has 0 aliphatic carbocycles. The highest BCUT2D eigenvalue weighted by Crippen LogP contribution is 2.44. The van der Waals surface area contributed by atoms with Gasteiger partial charge in [-0.1, -0.05) is 50.6 Å². The van der Waals surface area contributed by atoms with Crippen LogP contribution < -0.4 is 24.7 Å². The molecule has 0 radical (unpaired) electrons. The van der Waals surface area contributed by atoms with E-state index < -0.39 is 11.9 Å². The molecule has 0 saturated carbocycles. The van der Waals surface area contributed by atoms with Crippen LogP contribution in [0.4, 0.5) is 0 Å². The van der Waals surface area contributed by atoms with Gasteiger partial charge < -0.3 is 24.7 Å². The van der Waals surface area contributed by atoms with Crippen LogP contribution in [0.3, 0.4) is 0 Å². The molecule has 1 aliphatic rings. The standard InChI is InChI=1S/C31H30N2O5/c1-3-5-6-17-36-23-12-10-21(11-13-23)31(34)37-25-14-15-26-28(19-25)38-30(33)27(20-32)29(26)22-8-7-9-24(18-22)35-16-4-2/h4,7-15,18-19,29H,2-3,5-6,16-17,33H2,1H3. The Hall–Kier alpha value is -4.70. The van der Waals surface area contributed by atoms with Gasteiger partial charge in [0.25, 0.3) is 0 Å². The number of hydrogen-bond donors (Lipinski definition) is 1. The van der Waals surface area contributed by atoms with Crippen LogP contribution in [0, 0.1) is 11.3 Å². The van der Waals surface area contributed by atoms with Gasteiger partial charge in [-0.3, -0.25) is 0 Å². The smallest absolute Gasteiger partial charge is 0.343 e. The molecule has 38 heavy (non-hydrogen) atoms. The van der Waals surface area contributed by atoms with Gasteiger partial charge in [-0.15, -0.1) is 0 Å². The van der Waals surface area contributed by atoms with Crippen LogP contribution in [0.2, 0.25) is 0 Å². The quantitative estimate of drug-likeness (QED) is 0.141.